The molecular formula is C23H27FN4S. The van der Waals surface area contributed by atoms with Crippen molar-refractivity contribution >= 4 is 28.7 Å². The van der Waals surface area contributed by atoms with Crippen LogP contribution in [-0.4, -0.2) is 14.9 Å². The molecule has 0 aliphatic rings. The topological polar surface area (TPSA) is 41.9 Å². The summed E-state index contributed by atoms with van der Waals surface area (Å²) in [6.45, 7) is 8.83. The third-order valence-electron chi connectivity index (χ3n) is 5.19. The molecule has 4 nitrogen and oxygen atoms in total. The predicted octanol–water partition coefficient (Wildman–Crippen LogP) is 6.01. The number of thiocarbonyl (C=S) groups is 1. The molecule has 2 N–H and O–H groups in total. The third kappa shape index (κ3) is 5.21. The van der Waals surface area contributed by atoms with Crippen LogP contribution in [0.5, 0.6) is 0 Å². The second kappa shape index (κ2) is 9.18. The minimum atomic E-state index is -0.243. The number of benzene rings is 2. The van der Waals surface area contributed by atoms with E-state index in [0.717, 1.165) is 34.7 Å². The van der Waals surface area contributed by atoms with E-state index in [0.29, 0.717) is 17.6 Å². The van der Waals surface area contributed by atoms with Gasteiger partial charge in [-0.3, -0.25) is 4.68 Å². The highest BCUT2D eigenvalue weighted by molar-refractivity contribution is 7.80. The Morgan fingerprint density at radius 3 is 2.52 bits per heavy atom. The summed E-state index contributed by atoms with van der Waals surface area (Å²) in [6.07, 6.45) is 1.12. The lowest BCUT2D eigenvalue weighted by atomic mass is 9.99. The molecule has 0 saturated heterocycles. The first kappa shape index (κ1) is 21.0. The molecule has 6 heteroatoms. The Hall–Kier alpha value is -2.73. The molecule has 0 radical (unpaired) electrons. The van der Waals surface area contributed by atoms with E-state index in [9.17, 15) is 4.39 Å². The number of anilines is 2. The maximum atomic E-state index is 13.5. The van der Waals surface area contributed by atoms with Gasteiger partial charge >= 0.3 is 0 Å². The van der Waals surface area contributed by atoms with Crippen LogP contribution in [0, 0.1) is 19.7 Å². The summed E-state index contributed by atoms with van der Waals surface area (Å²) in [5.74, 6) is 0.301. The Morgan fingerprint density at radius 2 is 1.86 bits per heavy atom. The van der Waals surface area contributed by atoms with Gasteiger partial charge < -0.3 is 10.6 Å². The normalized spacial score (nSPS) is 11.9. The van der Waals surface area contributed by atoms with Crippen LogP contribution in [0.1, 0.15) is 48.7 Å². The monoisotopic (exact) mass is 410 g/mol. The molecule has 0 spiro atoms. The highest BCUT2D eigenvalue weighted by Crippen LogP contribution is 2.23. The van der Waals surface area contributed by atoms with E-state index in [1.54, 1.807) is 6.07 Å². The highest BCUT2D eigenvalue weighted by atomic mass is 32.1. The Morgan fingerprint density at radius 1 is 1.14 bits per heavy atom. The van der Waals surface area contributed by atoms with Crippen LogP contribution in [0.3, 0.4) is 0 Å². The van der Waals surface area contributed by atoms with Crippen molar-refractivity contribution in [2.24, 2.45) is 0 Å². The summed E-state index contributed by atoms with van der Waals surface area (Å²) in [6, 6.07) is 14.9. The fraction of sp³-hybridized carbons (Fsp3) is 0.304. The average molecular weight is 411 g/mol. The molecule has 0 aliphatic heterocycles. The number of hydrogen-bond donors (Lipinski definition) is 2. The van der Waals surface area contributed by atoms with Gasteiger partial charge in [-0.05, 0) is 73.8 Å². The van der Waals surface area contributed by atoms with Crippen LogP contribution in [0.4, 0.5) is 15.8 Å². The van der Waals surface area contributed by atoms with E-state index >= 15 is 0 Å². The van der Waals surface area contributed by atoms with Crippen LogP contribution < -0.4 is 10.6 Å². The lowest BCUT2D eigenvalue weighted by Gasteiger charge is -2.13. The smallest absolute Gasteiger partial charge is 0.175 e. The molecule has 0 aliphatic carbocycles. The molecule has 0 saturated carbocycles. The van der Waals surface area contributed by atoms with Crippen LogP contribution >= 0.6 is 12.2 Å². The number of halogens is 1. The third-order valence-corrected chi connectivity index (χ3v) is 5.40. The SMILES string of the molecule is CCC(C)c1ccc(NC(=S)Nc2c(C)nn(Cc3cccc(F)c3)c2C)cc1. The van der Waals surface area contributed by atoms with Gasteiger partial charge in [-0.2, -0.15) is 5.10 Å². The molecular weight excluding hydrogens is 383 g/mol. The fourth-order valence-corrected chi connectivity index (χ4v) is 3.47. The summed E-state index contributed by atoms with van der Waals surface area (Å²) in [5, 5.41) is 11.6. The summed E-state index contributed by atoms with van der Waals surface area (Å²) in [5.41, 5.74) is 5.79. The van der Waals surface area contributed by atoms with Crippen molar-refractivity contribution in [3.05, 3.63) is 76.9 Å². The van der Waals surface area contributed by atoms with Gasteiger partial charge in [-0.25, -0.2) is 4.39 Å². The van der Waals surface area contributed by atoms with Crippen LogP contribution in [0.25, 0.3) is 0 Å². The van der Waals surface area contributed by atoms with E-state index in [-0.39, 0.29) is 5.82 Å². The molecule has 3 rings (SSSR count). The molecule has 0 fully saturated rings. The molecule has 0 amide bonds. The van der Waals surface area contributed by atoms with Crippen molar-refractivity contribution in [3.63, 3.8) is 0 Å². The van der Waals surface area contributed by atoms with E-state index in [4.69, 9.17) is 12.2 Å². The van der Waals surface area contributed by atoms with Crippen LogP contribution in [0.15, 0.2) is 48.5 Å². The zero-order chi connectivity index (χ0) is 21.0. The minimum absolute atomic E-state index is 0.243. The Bertz CT molecular complexity index is 995. The summed E-state index contributed by atoms with van der Waals surface area (Å²) in [4.78, 5) is 0. The summed E-state index contributed by atoms with van der Waals surface area (Å²) < 4.78 is 15.3. The standard InChI is InChI=1S/C23H27FN4S/c1-5-15(2)19-9-11-21(12-10-19)25-23(29)26-22-16(3)27-28(17(22)4)14-18-7-6-8-20(24)13-18/h6-13,15H,5,14H2,1-4H3,(H2,25,26,29). The van der Waals surface area contributed by atoms with E-state index in [1.807, 2.05) is 36.7 Å². The van der Waals surface area contributed by atoms with Crippen molar-refractivity contribution in [1.29, 1.82) is 0 Å². The van der Waals surface area contributed by atoms with Crippen LogP contribution in [-0.2, 0) is 6.54 Å². The fourth-order valence-electron chi connectivity index (χ4n) is 3.25. The second-order valence-electron chi connectivity index (χ2n) is 7.34. The number of hydrogen-bond acceptors (Lipinski definition) is 2. The Balaban J connectivity index is 1.68. The lowest BCUT2D eigenvalue weighted by Crippen LogP contribution is -2.20. The molecule has 1 atom stereocenters. The van der Waals surface area contributed by atoms with E-state index in [1.165, 1.54) is 17.7 Å². The molecule has 1 unspecified atom stereocenters. The van der Waals surface area contributed by atoms with Gasteiger partial charge in [0.2, 0.25) is 0 Å². The molecule has 0 bridgehead atoms. The van der Waals surface area contributed by atoms with Gasteiger partial charge in [-0.1, -0.05) is 38.1 Å². The average Bonchev–Trinajstić information content (AvgIpc) is 2.95. The minimum Gasteiger partial charge on any atom is -0.332 e. The zero-order valence-corrected chi connectivity index (χ0v) is 18.1. The number of aromatic nitrogens is 2. The van der Waals surface area contributed by atoms with Crippen molar-refractivity contribution < 1.29 is 4.39 Å². The molecule has 2 aromatic carbocycles. The molecule has 1 aromatic heterocycles. The number of nitrogens with zero attached hydrogens (tertiary/aromatic N) is 2. The molecule has 152 valence electrons. The number of nitrogens with one attached hydrogen (secondary N) is 2. The lowest BCUT2D eigenvalue weighted by molar-refractivity contribution is 0.616. The zero-order valence-electron chi connectivity index (χ0n) is 17.3. The van der Waals surface area contributed by atoms with E-state index in [2.05, 4.69) is 41.7 Å². The summed E-state index contributed by atoms with van der Waals surface area (Å²) >= 11 is 5.49. The largest absolute Gasteiger partial charge is 0.332 e. The molecule has 3 aromatic rings. The molecule has 1 heterocycles. The van der Waals surface area contributed by atoms with Gasteiger partial charge in [0, 0.05) is 5.69 Å². The van der Waals surface area contributed by atoms with Gasteiger partial charge in [0.1, 0.15) is 5.82 Å². The van der Waals surface area contributed by atoms with Crippen molar-refractivity contribution in [2.45, 2.75) is 46.6 Å². The van der Waals surface area contributed by atoms with Gasteiger partial charge in [0.25, 0.3) is 0 Å². The second-order valence-corrected chi connectivity index (χ2v) is 7.75. The summed E-state index contributed by atoms with van der Waals surface area (Å²) in [7, 11) is 0. The van der Waals surface area contributed by atoms with E-state index < -0.39 is 0 Å². The first-order valence-electron chi connectivity index (χ1n) is 9.83. The van der Waals surface area contributed by atoms with Crippen molar-refractivity contribution in [1.82, 2.24) is 9.78 Å². The first-order valence-corrected chi connectivity index (χ1v) is 10.2. The Kier molecular flexibility index (Phi) is 6.64. The number of rotatable bonds is 6. The number of aryl methyl sites for hydroxylation is 1. The van der Waals surface area contributed by atoms with Gasteiger partial charge in [0.15, 0.2) is 5.11 Å². The highest BCUT2D eigenvalue weighted by Gasteiger charge is 2.13. The first-order chi connectivity index (χ1) is 13.9. The quantitative estimate of drug-likeness (QED) is 0.488. The predicted molar refractivity (Wildman–Crippen MR) is 122 cm³/mol. The maximum absolute atomic E-state index is 13.5. The van der Waals surface area contributed by atoms with Crippen molar-refractivity contribution in [2.75, 3.05) is 10.6 Å². The maximum Gasteiger partial charge on any atom is 0.175 e. The van der Waals surface area contributed by atoms with Crippen molar-refractivity contribution in [3.8, 4) is 0 Å². The Labute approximate surface area is 177 Å². The van der Waals surface area contributed by atoms with Gasteiger partial charge in [0.05, 0.1) is 23.6 Å². The molecule has 29 heavy (non-hydrogen) atoms. The van der Waals surface area contributed by atoms with Gasteiger partial charge in [-0.15, -0.1) is 0 Å². The van der Waals surface area contributed by atoms with Crippen LogP contribution in [0.2, 0.25) is 0 Å².